The highest BCUT2D eigenvalue weighted by Gasteiger charge is 2.12. The zero-order valence-electron chi connectivity index (χ0n) is 14.5. The fourth-order valence-corrected chi connectivity index (χ4v) is 2.95. The molecule has 0 aliphatic rings. The molecule has 0 atom stereocenters. The van der Waals surface area contributed by atoms with Crippen molar-refractivity contribution >= 4 is 12.6 Å². The Morgan fingerprint density at radius 2 is 1.30 bits per heavy atom. The number of hydrogen-bond acceptors (Lipinski definition) is 4. The highest BCUT2D eigenvalue weighted by Crippen LogP contribution is 2.29. The first kappa shape index (κ1) is 17.2. The van der Waals surface area contributed by atoms with Gasteiger partial charge in [0.1, 0.15) is 0 Å². The lowest BCUT2D eigenvalue weighted by atomic mass is 9.80. The minimum atomic E-state index is -1.48. The Morgan fingerprint density at radius 1 is 0.593 bits per heavy atom. The van der Waals surface area contributed by atoms with E-state index in [0.29, 0.717) is 5.46 Å². The van der Waals surface area contributed by atoms with E-state index in [9.17, 15) is 10.0 Å². The summed E-state index contributed by atoms with van der Waals surface area (Å²) >= 11 is 0. The first-order chi connectivity index (χ1) is 13.2. The van der Waals surface area contributed by atoms with Gasteiger partial charge in [-0.2, -0.15) is 0 Å². The predicted octanol–water partition coefficient (Wildman–Crippen LogP) is 3.16. The van der Waals surface area contributed by atoms with Crippen LogP contribution in [0.15, 0.2) is 91.1 Å². The van der Waals surface area contributed by atoms with E-state index in [2.05, 4.69) is 17.1 Å². The van der Waals surface area contributed by atoms with Crippen LogP contribution in [0, 0.1) is 0 Å². The van der Waals surface area contributed by atoms with Gasteiger partial charge >= 0.3 is 7.12 Å². The molecule has 0 radical (unpaired) electrons. The van der Waals surface area contributed by atoms with Crippen molar-refractivity contribution in [3.8, 4) is 33.8 Å². The maximum atomic E-state index is 9.30. The molecule has 130 valence electrons. The highest BCUT2D eigenvalue weighted by molar-refractivity contribution is 6.58. The van der Waals surface area contributed by atoms with Crippen LogP contribution in [0.25, 0.3) is 33.8 Å². The van der Waals surface area contributed by atoms with Gasteiger partial charge in [-0.3, -0.25) is 4.98 Å². The molecular weight excluding hydrogens is 335 g/mol. The molecule has 0 saturated carbocycles. The molecule has 27 heavy (non-hydrogen) atoms. The van der Waals surface area contributed by atoms with Gasteiger partial charge in [0.15, 0.2) is 0 Å². The molecule has 2 aromatic heterocycles. The zero-order valence-corrected chi connectivity index (χ0v) is 14.5. The zero-order chi connectivity index (χ0) is 18.6. The second-order valence-corrected chi connectivity index (χ2v) is 6.20. The summed E-state index contributed by atoms with van der Waals surface area (Å²) in [6.07, 6.45) is 1.75. The van der Waals surface area contributed by atoms with E-state index in [4.69, 9.17) is 4.98 Å². The summed E-state index contributed by atoms with van der Waals surface area (Å²) < 4.78 is 0. The summed E-state index contributed by atoms with van der Waals surface area (Å²) in [6, 6.07) is 27.0. The molecule has 4 aromatic rings. The van der Waals surface area contributed by atoms with Crippen LogP contribution in [-0.2, 0) is 0 Å². The normalized spacial score (nSPS) is 10.6. The molecule has 5 heteroatoms. The van der Waals surface area contributed by atoms with Gasteiger partial charge in [-0.25, -0.2) is 4.98 Å². The van der Waals surface area contributed by atoms with E-state index in [0.717, 1.165) is 33.8 Å². The van der Waals surface area contributed by atoms with Crippen molar-refractivity contribution in [2.45, 2.75) is 0 Å². The molecule has 0 unspecified atom stereocenters. The number of rotatable bonds is 4. The van der Waals surface area contributed by atoms with Crippen LogP contribution in [0.2, 0.25) is 0 Å². The smallest absolute Gasteiger partial charge is 0.423 e. The van der Waals surface area contributed by atoms with Gasteiger partial charge in [0.2, 0.25) is 0 Å². The van der Waals surface area contributed by atoms with E-state index in [1.807, 2.05) is 60.7 Å². The summed E-state index contributed by atoms with van der Waals surface area (Å²) in [6.45, 7) is 0. The Hall–Kier alpha value is -3.28. The molecule has 0 bridgehead atoms. The van der Waals surface area contributed by atoms with Crippen LogP contribution in [0.1, 0.15) is 0 Å². The van der Waals surface area contributed by atoms with Gasteiger partial charge in [-0.15, -0.1) is 0 Å². The molecule has 2 aromatic carbocycles. The quantitative estimate of drug-likeness (QED) is 0.554. The van der Waals surface area contributed by atoms with Crippen molar-refractivity contribution in [2.24, 2.45) is 0 Å². The molecule has 4 rings (SSSR count). The maximum Gasteiger partial charge on any atom is 0.488 e. The van der Waals surface area contributed by atoms with Crippen LogP contribution in [-0.4, -0.2) is 27.1 Å². The molecule has 0 spiro atoms. The second kappa shape index (κ2) is 7.54. The van der Waals surface area contributed by atoms with Crippen molar-refractivity contribution in [3.05, 3.63) is 91.1 Å². The topological polar surface area (TPSA) is 66.2 Å². The lowest BCUT2D eigenvalue weighted by Crippen LogP contribution is -2.29. The third-order valence-electron chi connectivity index (χ3n) is 4.36. The molecule has 0 saturated heterocycles. The number of benzene rings is 2. The Balaban J connectivity index is 1.85. The average Bonchev–Trinajstić information content (AvgIpc) is 2.75. The molecule has 2 heterocycles. The first-order valence-electron chi connectivity index (χ1n) is 8.66. The van der Waals surface area contributed by atoms with Gasteiger partial charge in [0.05, 0.1) is 17.1 Å². The molecule has 2 N–H and O–H groups in total. The van der Waals surface area contributed by atoms with Crippen LogP contribution in [0.4, 0.5) is 0 Å². The molecule has 0 amide bonds. The largest absolute Gasteiger partial charge is 0.488 e. The van der Waals surface area contributed by atoms with Crippen LogP contribution < -0.4 is 5.46 Å². The van der Waals surface area contributed by atoms with E-state index in [1.165, 1.54) is 0 Å². The minimum Gasteiger partial charge on any atom is -0.423 e. The molecule has 0 fully saturated rings. The Bertz CT molecular complexity index is 979. The summed E-state index contributed by atoms with van der Waals surface area (Å²) in [7, 11) is -1.48. The summed E-state index contributed by atoms with van der Waals surface area (Å²) in [5, 5.41) is 18.6. The summed E-state index contributed by atoms with van der Waals surface area (Å²) in [5.74, 6) is 0. The van der Waals surface area contributed by atoms with Crippen LogP contribution >= 0.6 is 0 Å². The fraction of sp³-hybridized carbons (Fsp3) is 0. The number of aromatic nitrogens is 2. The Labute approximate surface area is 158 Å². The Morgan fingerprint density at radius 3 is 1.96 bits per heavy atom. The van der Waals surface area contributed by atoms with E-state index in [1.54, 1.807) is 18.3 Å². The molecule has 4 nitrogen and oxygen atoms in total. The average molecular weight is 352 g/mol. The van der Waals surface area contributed by atoms with Gasteiger partial charge in [0.25, 0.3) is 0 Å². The summed E-state index contributed by atoms with van der Waals surface area (Å²) in [4.78, 5) is 9.21. The third kappa shape index (κ3) is 3.79. The lowest BCUT2D eigenvalue weighted by Gasteiger charge is -2.10. The highest BCUT2D eigenvalue weighted by atomic mass is 16.4. The van der Waals surface area contributed by atoms with Crippen molar-refractivity contribution < 1.29 is 10.0 Å². The van der Waals surface area contributed by atoms with Crippen molar-refractivity contribution in [3.63, 3.8) is 0 Å². The van der Waals surface area contributed by atoms with Gasteiger partial charge in [-0.1, -0.05) is 60.7 Å². The molecular formula is C22H17BN2O2. The van der Waals surface area contributed by atoms with Crippen LogP contribution in [0.3, 0.4) is 0 Å². The third-order valence-corrected chi connectivity index (χ3v) is 4.36. The van der Waals surface area contributed by atoms with E-state index >= 15 is 0 Å². The molecule has 0 aliphatic carbocycles. The van der Waals surface area contributed by atoms with Crippen molar-refractivity contribution in [1.29, 1.82) is 0 Å². The minimum absolute atomic E-state index is 0.447. The summed E-state index contributed by atoms with van der Waals surface area (Å²) in [5.41, 5.74) is 5.89. The standard InChI is InChI=1S/C22H17BN2O2/c26-23(27)19-11-9-17(10-12-19)21-14-18(16-6-2-1-3-7-16)15-22(25-21)20-8-4-5-13-24-20/h1-15,26-27H. The van der Waals surface area contributed by atoms with Gasteiger partial charge in [-0.05, 0) is 40.9 Å². The predicted molar refractivity (Wildman–Crippen MR) is 108 cm³/mol. The lowest BCUT2D eigenvalue weighted by molar-refractivity contribution is 0.426. The number of hydrogen-bond donors (Lipinski definition) is 2. The van der Waals surface area contributed by atoms with Gasteiger partial charge < -0.3 is 10.0 Å². The first-order valence-corrected chi connectivity index (χ1v) is 8.66. The Kier molecular flexibility index (Phi) is 4.79. The number of nitrogens with zero attached hydrogens (tertiary/aromatic N) is 2. The van der Waals surface area contributed by atoms with E-state index in [-0.39, 0.29) is 0 Å². The number of pyridine rings is 2. The monoisotopic (exact) mass is 352 g/mol. The fourth-order valence-electron chi connectivity index (χ4n) is 2.95. The second-order valence-electron chi connectivity index (χ2n) is 6.20. The van der Waals surface area contributed by atoms with Crippen molar-refractivity contribution in [1.82, 2.24) is 9.97 Å². The van der Waals surface area contributed by atoms with Crippen LogP contribution in [0.5, 0.6) is 0 Å². The van der Waals surface area contributed by atoms with Crippen molar-refractivity contribution in [2.75, 3.05) is 0 Å². The van der Waals surface area contributed by atoms with Gasteiger partial charge in [0, 0.05) is 11.8 Å². The van der Waals surface area contributed by atoms with E-state index < -0.39 is 7.12 Å². The maximum absolute atomic E-state index is 9.30. The SMILES string of the molecule is OB(O)c1ccc(-c2cc(-c3ccccc3)cc(-c3ccccn3)n2)cc1. The molecule has 0 aliphatic heterocycles.